The fourth-order valence-electron chi connectivity index (χ4n) is 3.33. The number of nitrogen functional groups attached to an aromatic ring is 1. The van der Waals surface area contributed by atoms with E-state index < -0.39 is 0 Å². The van der Waals surface area contributed by atoms with Crippen molar-refractivity contribution in [3.8, 4) is 22.9 Å². The van der Waals surface area contributed by atoms with Gasteiger partial charge < -0.3 is 15.4 Å². The van der Waals surface area contributed by atoms with Crippen molar-refractivity contribution in [1.29, 1.82) is 5.26 Å². The molecule has 0 amide bonds. The molecule has 1 aliphatic rings. The summed E-state index contributed by atoms with van der Waals surface area (Å²) in [4.78, 5) is 8.50. The van der Waals surface area contributed by atoms with E-state index in [0.717, 1.165) is 34.4 Å². The van der Waals surface area contributed by atoms with E-state index in [9.17, 15) is 10.4 Å². The molecule has 4 rings (SSSR count). The molecule has 0 spiro atoms. The molecule has 3 N–H and O–H groups in total. The van der Waals surface area contributed by atoms with Gasteiger partial charge >= 0.3 is 0 Å². The van der Waals surface area contributed by atoms with Crippen LogP contribution in [0.2, 0.25) is 0 Å². The van der Waals surface area contributed by atoms with Gasteiger partial charge in [-0.05, 0) is 30.7 Å². The minimum Gasteiger partial charge on any atom is -0.506 e. The summed E-state index contributed by atoms with van der Waals surface area (Å²) in [5.41, 5.74) is 10.4. The van der Waals surface area contributed by atoms with E-state index in [1.165, 1.54) is 0 Å². The van der Waals surface area contributed by atoms with Crippen molar-refractivity contribution < 1.29 is 5.11 Å². The summed E-state index contributed by atoms with van der Waals surface area (Å²) in [5.74, 6) is 0.460. The highest BCUT2D eigenvalue weighted by Crippen LogP contribution is 2.41. The lowest BCUT2D eigenvalue weighted by atomic mass is 9.98. The van der Waals surface area contributed by atoms with E-state index in [2.05, 4.69) is 20.6 Å². The summed E-state index contributed by atoms with van der Waals surface area (Å²) in [7, 11) is 0. The minimum absolute atomic E-state index is 0.0208. The van der Waals surface area contributed by atoms with Crippen LogP contribution < -0.4 is 5.73 Å². The highest BCUT2D eigenvalue weighted by Gasteiger charge is 2.23. The Morgan fingerprint density at radius 2 is 2.21 bits per heavy atom. The van der Waals surface area contributed by atoms with Crippen molar-refractivity contribution >= 4 is 22.9 Å². The van der Waals surface area contributed by atoms with Gasteiger partial charge in [0, 0.05) is 35.5 Å². The molecule has 0 saturated heterocycles. The summed E-state index contributed by atoms with van der Waals surface area (Å²) < 4.78 is 2.14. The second-order valence-electron chi connectivity index (χ2n) is 5.82. The molecule has 0 unspecified atom stereocenters. The number of aromatic hydroxyl groups is 1. The molecule has 0 radical (unpaired) electrons. The first-order chi connectivity index (χ1) is 11.6. The molecule has 0 saturated carbocycles. The van der Waals surface area contributed by atoms with Crippen LogP contribution in [0.1, 0.15) is 16.8 Å². The third-order valence-electron chi connectivity index (χ3n) is 4.48. The molecular formula is C18H15N5O. The first-order valence-corrected chi connectivity index (χ1v) is 7.62. The van der Waals surface area contributed by atoms with E-state index in [1.807, 2.05) is 19.2 Å². The van der Waals surface area contributed by atoms with Crippen molar-refractivity contribution in [2.45, 2.75) is 13.5 Å². The van der Waals surface area contributed by atoms with E-state index in [0.29, 0.717) is 17.7 Å². The molecule has 0 aliphatic carbocycles. The third-order valence-corrected chi connectivity index (χ3v) is 4.48. The number of fused-ring (bicyclic) bond motifs is 3. The molecule has 0 fully saturated rings. The van der Waals surface area contributed by atoms with Crippen LogP contribution in [0.25, 0.3) is 22.0 Å². The lowest BCUT2D eigenvalue weighted by Gasteiger charge is -2.14. The zero-order valence-corrected chi connectivity index (χ0v) is 13.1. The number of nitrogens with zero attached hydrogens (tertiary/aromatic N) is 4. The van der Waals surface area contributed by atoms with Crippen LogP contribution in [0.3, 0.4) is 0 Å². The molecule has 6 nitrogen and oxygen atoms in total. The third kappa shape index (κ3) is 1.88. The van der Waals surface area contributed by atoms with Crippen molar-refractivity contribution in [2.75, 3.05) is 12.3 Å². The van der Waals surface area contributed by atoms with Gasteiger partial charge in [-0.15, -0.1) is 0 Å². The molecule has 24 heavy (non-hydrogen) atoms. The van der Waals surface area contributed by atoms with Crippen LogP contribution in [0.4, 0.5) is 5.82 Å². The summed E-state index contributed by atoms with van der Waals surface area (Å²) in [6.45, 7) is 3.37. The average Bonchev–Trinajstić information content (AvgIpc) is 2.91. The van der Waals surface area contributed by atoms with Crippen LogP contribution in [0, 0.1) is 18.3 Å². The quantitative estimate of drug-likeness (QED) is 0.720. The van der Waals surface area contributed by atoms with Gasteiger partial charge in [0.2, 0.25) is 0 Å². The van der Waals surface area contributed by atoms with Crippen molar-refractivity contribution in [3.05, 3.63) is 41.2 Å². The molecule has 118 valence electrons. The number of benzene rings is 1. The van der Waals surface area contributed by atoms with Crippen molar-refractivity contribution in [1.82, 2.24) is 9.55 Å². The summed E-state index contributed by atoms with van der Waals surface area (Å²) in [5, 5.41) is 20.7. The Hall–Kier alpha value is -3.33. The van der Waals surface area contributed by atoms with Crippen molar-refractivity contribution in [3.63, 3.8) is 0 Å². The molecule has 3 heterocycles. The summed E-state index contributed by atoms with van der Waals surface area (Å²) in [6, 6.07) is 7.40. The number of nitriles is 1. The Morgan fingerprint density at radius 3 is 2.92 bits per heavy atom. The van der Waals surface area contributed by atoms with E-state index in [4.69, 9.17) is 5.73 Å². The van der Waals surface area contributed by atoms with Crippen LogP contribution in [-0.2, 0) is 6.54 Å². The van der Waals surface area contributed by atoms with Gasteiger partial charge in [-0.25, -0.2) is 4.98 Å². The van der Waals surface area contributed by atoms with Crippen LogP contribution in [0.5, 0.6) is 5.75 Å². The lowest BCUT2D eigenvalue weighted by Crippen LogP contribution is -2.11. The second kappa shape index (κ2) is 5.10. The number of rotatable bonds is 1. The lowest BCUT2D eigenvalue weighted by molar-refractivity contribution is 0.480. The number of phenols is 1. The smallest absolute Gasteiger partial charge is 0.143 e. The van der Waals surface area contributed by atoms with E-state index >= 15 is 0 Å². The maximum Gasteiger partial charge on any atom is 0.143 e. The van der Waals surface area contributed by atoms with E-state index in [1.54, 1.807) is 18.3 Å². The highest BCUT2D eigenvalue weighted by molar-refractivity contribution is 6.06. The maximum absolute atomic E-state index is 10.6. The number of aryl methyl sites for hydroxylation is 1. The summed E-state index contributed by atoms with van der Waals surface area (Å²) in [6.07, 6.45) is 3.52. The van der Waals surface area contributed by atoms with Gasteiger partial charge in [0.05, 0.1) is 23.3 Å². The number of pyridine rings is 1. The molecule has 0 atom stereocenters. The Kier molecular flexibility index (Phi) is 3.03. The van der Waals surface area contributed by atoms with Gasteiger partial charge in [0.1, 0.15) is 17.6 Å². The molecule has 0 bridgehead atoms. The predicted octanol–water partition coefficient (Wildman–Crippen LogP) is 2.60. The molecule has 6 heteroatoms. The monoisotopic (exact) mass is 317 g/mol. The minimum atomic E-state index is 0.0208. The van der Waals surface area contributed by atoms with Crippen LogP contribution in [0.15, 0.2) is 29.4 Å². The van der Waals surface area contributed by atoms with Gasteiger partial charge in [-0.2, -0.15) is 5.26 Å². The Morgan fingerprint density at radius 1 is 1.38 bits per heavy atom. The second-order valence-corrected chi connectivity index (χ2v) is 5.82. The maximum atomic E-state index is 10.6. The first-order valence-electron chi connectivity index (χ1n) is 7.62. The standard InChI is InChI=1S/C18H15N5O/c1-10-14-9-21-4-5-23(14)17-13(11-2-3-15(20)22-8-11)6-12(7-19)18(24)16(10)17/h2-3,6,8-9,24H,4-5H2,1H3,(H2,20,22). The number of anilines is 1. The van der Waals surface area contributed by atoms with Gasteiger partial charge in [-0.3, -0.25) is 4.99 Å². The number of phenolic OH excluding ortho intramolecular Hbond substituents is 1. The Balaban J connectivity index is 2.17. The van der Waals surface area contributed by atoms with Gasteiger partial charge in [0.15, 0.2) is 0 Å². The van der Waals surface area contributed by atoms with Crippen molar-refractivity contribution in [2.24, 2.45) is 4.99 Å². The zero-order chi connectivity index (χ0) is 16.8. The topological polar surface area (TPSA) is 100 Å². The fourth-order valence-corrected chi connectivity index (χ4v) is 3.33. The van der Waals surface area contributed by atoms with Gasteiger partial charge in [-0.1, -0.05) is 0 Å². The summed E-state index contributed by atoms with van der Waals surface area (Å²) >= 11 is 0. The average molecular weight is 317 g/mol. The molecule has 1 aliphatic heterocycles. The first kappa shape index (κ1) is 14.3. The number of aliphatic imine (C=N–C) groups is 1. The number of nitrogens with two attached hydrogens (primary N) is 1. The predicted molar refractivity (Wildman–Crippen MR) is 93.2 cm³/mol. The Bertz CT molecular complexity index is 1040. The van der Waals surface area contributed by atoms with Gasteiger partial charge in [0.25, 0.3) is 0 Å². The SMILES string of the molecule is Cc1c2n(c3c(-c4ccc(N)nc4)cc(C#N)c(O)c13)CCN=C2. The molecule has 2 aromatic heterocycles. The number of aromatic nitrogens is 2. The zero-order valence-electron chi connectivity index (χ0n) is 13.1. The largest absolute Gasteiger partial charge is 0.506 e. The van der Waals surface area contributed by atoms with Crippen LogP contribution >= 0.6 is 0 Å². The normalized spacial score (nSPS) is 13.0. The molecule has 3 aromatic rings. The molecular weight excluding hydrogens is 302 g/mol. The fraction of sp³-hybridized carbons (Fsp3) is 0.167. The number of hydrogen-bond donors (Lipinski definition) is 2. The molecule has 1 aromatic carbocycles. The van der Waals surface area contributed by atoms with Crippen LogP contribution in [-0.4, -0.2) is 27.4 Å². The number of hydrogen-bond acceptors (Lipinski definition) is 5. The van der Waals surface area contributed by atoms with E-state index in [-0.39, 0.29) is 11.3 Å². The Labute approximate surface area is 138 Å². The highest BCUT2D eigenvalue weighted by atomic mass is 16.3.